The highest BCUT2D eigenvalue weighted by molar-refractivity contribution is 6.01. The van der Waals surface area contributed by atoms with Crippen molar-refractivity contribution in [3.63, 3.8) is 0 Å². The highest BCUT2D eigenvalue weighted by Gasteiger charge is 2.12. The summed E-state index contributed by atoms with van der Waals surface area (Å²) in [6, 6.07) is 11.3. The Labute approximate surface area is 168 Å². The minimum absolute atomic E-state index is 0.195. The van der Waals surface area contributed by atoms with E-state index in [4.69, 9.17) is 14.2 Å². The second-order valence-corrected chi connectivity index (χ2v) is 6.15. The lowest BCUT2D eigenvalue weighted by Crippen LogP contribution is -2.09. The van der Waals surface area contributed by atoms with Gasteiger partial charge >= 0.3 is 0 Å². The van der Waals surface area contributed by atoms with Crippen molar-refractivity contribution < 1.29 is 19.0 Å². The number of H-pyrrole nitrogens is 1. The summed E-state index contributed by atoms with van der Waals surface area (Å²) in [6.07, 6.45) is 3.01. The molecular weight excluding hydrogens is 372 g/mol. The van der Waals surface area contributed by atoms with E-state index in [2.05, 4.69) is 20.5 Å². The van der Waals surface area contributed by atoms with Gasteiger partial charge in [0.2, 0.25) is 11.7 Å². The molecule has 8 nitrogen and oxygen atoms in total. The van der Waals surface area contributed by atoms with Crippen LogP contribution in [0.25, 0.3) is 17.5 Å². The average molecular weight is 394 g/mol. The SMILES string of the molecule is COc1cc(/C=C/C(=O)Nc2n[nH]c(-c3ccc(C)cc3)n2)cc(OC)c1OC. The van der Waals surface area contributed by atoms with E-state index in [9.17, 15) is 4.79 Å². The number of nitrogens with one attached hydrogen (secondary N) is 2. The molecule has 0 bridgehead atoms. The van der Waals surface area contributed by atoms with Gasteiger partial charge in [-0.25, -0.2) is 0 Å². The summed E-state index contributed by atoms with van der Waals surface area (Å²) in [5.41, 5.74) is 2.75. The van der Waals surface area contributed by atoms with Gasteiger partial charge in [-0.1, -0.05) is 29.8 Å². The smallest absolute Gasteiger partial charge is 0.250 e. The Kier molecular flexibility index (Phi) is 6.13. The molecule has 8 heteroatoms. The van der Waals surface area contributed by atoms with Gasteiger partial charge in [0.1, 0.15) is 0 Å². The number of aromatic nitrogens is 3. The van der Waals surface area contributed by atoms with Crippen LogP contribution in [-0.2, 0) is 4.79 Å². The molecule has 0 aliphatic carbocycles. The number of carbonyl (C=O) groups is 1. The lowest BCUT2D eigenvalue weighted by atomic mass is 10.1. The van der Waals surface area contributed by atoms with Gasteiger partial charge in [-0.15, -0.1) is 5.10 Å². The van der Waals surface area contributed by atoms with Crippen LogP contribution in [0, 0.1) is 6.92 Å². The maximum absolute atomic E-state index is 12.2. The van der Waals surface area contributed by atoms with E-state index in [0.717, 1.165) is 11.1 Å². The Bertz CT molecular complexity index is 1000. The monoisotopic (exact) mass is 394 g/mol. The van der Waals surface area contributed by atoms with Crippen molar-refractivity contribution in [2.45, 2.75) is 6.92 Å². The highest BCUT2D eigenvalue weighted by Crippen LogP contribution is 2.38. The second kappa shape index (κ2) is 8.92. The van der Waals surface area contributed by atoms with Gasteiger partial charge in [-0.2, -0.15) is 4.98 Å². The number of aryl methyl sites for hydroxylation is 1. The third kappa shape index (κ3) is 4.73. The Morgan fingerprint density at radius 2 is 1.69 bits per heavy atom. The van der Waals surface area contributed by atoms with E-state index in [1.807, 2.05) is 31.2 Å². The Morgan fingerprint density at radius 1 is 1.03 bits per heavy atom. The fourth-order valence-corrected chi connectivity index (χ4v) is 2.68. The van der Waals surface area contributed by atoms with E-state index < -0.39 is 0 Å². The van der Waals surface area contributed by atoms with Crippen molar-refractivity contribution >= 4 is 17.9 Å². The lowest BCUT2D eigenvalue weighted by molar-refractivity contribution is -0.111. The average Bonchev–Trinajstić information content (AvgIpc) is 3.20. The molecule has 0 spiro atoms. The molecular formula is C21H22N4O4. The predicted octanol–water partition coefficient (Wildman–Crippen LogP) is 3.46. The first-order chi connectivity index (χ1) is 14.0. The number of aromatic amines is 1. The molecule has 0 radical (unpaired) electrons. The van der Waals surface area contributed by atoms with Crippen LogP contribution < -0.4 is 19.5 Å². The van der Waals surface area contributed by atoms with Crippen LogP contribution in [0.5, 0.6) is 17.2 Å². The van der Waals surface area contributed by atoms with Crippen molar-refractivity contribution in [1.29, 1.82) is 0 Å². The number of carbonyl (C=O) groups excluding carboxylic acids is 1. The normalized spacial score (nSPS) is 10.8. The van der Waals surface area contributed by atoms with Crippen LogP contribution in [0.1, 0.15) is 11.1 Å². The number of hydrogen-bond acceptors (Lipinski definition) is 6. The van der Waals surface area contributed by atoms with Gasteiger partial charge in [-0.05, 0) is 30.7 Å². The zero-order valence-electron chi connectivity index (χ0n) is 16.6. The topological polar surface area (TPSA) is 98.4 Å². The highest BCUT2D eigenvalue weighted by atomic mass is 16.5. The standard InChI is InChI=1S/C21H22N4O4/c1-13-5-8-15(9-6-13)20-23-21(25-24-20)22-18(26)10-7-14-11-16(27-2)19(29-4)17(12-14)28-3/h5-12H,1-4H3,(H2,22,23,24,25,26)/b10-7+. The number of benzene rings is 2. The summed E-state index contributed by atoms with van der Waals surface area (Å²) < 4.78 is 15.9. The molecule has 0 aliphatic rings. The lowest BCUT2D eigenvalue weighted by Gasteiger charge is -2.12. The first kappa shape index (κ1) is 19.9. The molecule has 0 saturated carbocycles. The van der Waals surface area contributed by atoms with Crippen LogP contribution in [0.2, 0.25) is 0 Å². The molecule has 2 aromatic carbocycles. The van der Waals surface area contributed by atoms with E-state index in [-0.39, 0.29) is 11.9 Å². The number of ether oxygens (including phenoxy) is 3. The van der Waals surface area contributed by atoms with Crippen LogP contribution in [-0.4, -0.2) is 42.4 Å². The molecule has 1 aromatic heterocycles. The van der Waals surface area contributed by atoms with Gasteiger partial charge in [0.15, 0.2) is 17.3 Å². The molecule has 0 fully saturated rings. The summed E-state index contributed by atoms with van der Waals surface area (Å²) >= 11 is 0. The fraction of sp³-hybridized carbons (Fsp3) is 0.190. The number of hydrogen-bond donors (Lipinski definition) is 2. The number of rotatable bonds is 7. The van der Waals surface area contributed by atoms with Gasteiger partial charge in [0.25, 0.3) is 5.91 Å². The van der Waals surface area contributed by atoms with E-state index in [0.29, 0.717) is 28.6 Å². The van der Waals surface area contributed by atoms with Crippen molar-refractivity contribution in [2.24, 2.45) is 0 Å². The minimum atomic E-state index is -0.367. The van der Waals surface area contributed by atoms with Gasteiger partial charge < -0.3 is 14.2 Å². The van der Waals surface area contributed by atoms with Gasteiger partial charge in [-0.3, -0.25) is 15.2 Å². The van der Waals surface area contributed by atoms with Crippen LogP contribution in [0.15, 0.2) is 42.5 Å². The molecule has 0 saturated heterocycles. The molecule has 1 heterocycles. The molecule has 0 aliphatic heterocycles. The van der Waals surface area contributed by atoms with Crippen molar-refractivity contribution in [1.82, 2.24) is 15.2 Å². The number of methoxy groups -OCH3 is 3. The third-order valence-corrected chi connectivity index (χ3v) is 4.16. The molecule has 150 valence electrons. The molecule has 1 amide bonds. The first-order valence-corrected chi connectivity index (χ1v) is 8.82. The fourth-order valence-electron chi connectivity index (χ4n) is 2.68. The maximum atomic E-state index is 12.2. The molecule has 2 N–H and O–H groups in total. The van der Waals surface area contributed by atoms with E-state index in [1.165, 1.54) is 27.4 Å². The molecule has 0 atom stereocenters. The van der Waals surface area contributed by atoms with Crippen molar-refractivity contribution in [3.05, 3.63) is 53.6 Å². The zero-order chi connectivity index (χ0) is 20.8. The Morgan fingerprint density at radius 3 is 2.28 bits per heavy atom. The number of amides is 1. The van der Waals surface area contributed by atoms with Crippen LogP contribution in [0.3, 0.4) is 0 Å². The van der Waals surface area contributed by atoms with E-state index >= 15 is 0 Å². The van der Waals surface area contributed by atoms with Crippen molar-refractivity contribution in [2.75, 3.05) is 26.6 Å². The summed E-state index contributed by atoms with van der Waals surface area (Å²) in [7, 11) is 4.60. The third-order valence-electron chi connectivity index (χ3n) is 4.16. The largest absolute Gasteiger partial charge is 0.493 e. The molecule has 3 rings (SSSR count). The van der Waals surface area contributed by atoms with Gasteiger partial charge in [0, 0.05) is 11.6 Å². The molecule has 3 aromatic rings. The zero-order valence-corrected chi connectivity index (χ0v) is 16.6. The van der Waals surface area contributed by atoms with Gasteiger partial charge in [0.05, 0.1) is 21.3 Å². The van der Waals surface area contributed by atoms with Crippen molar-refractivity contribution in [3.8, 4) is 28.6 Å². The number of nitrogens with zero attached hydrogens (tertiary/aromatic N) is 2. The second-order valence-electron chi connectivity index (χ2n) is 6.15. The van der Waals surface area contributed by atoms with Crippen LogP contribution in [0.4, 0.5) is 5.95 Å². The van der Waals surface area contributed by atoms with E-state index in [1.54, 1.807) is 18.2 Å². The first-order valence-electron chi connectivity index (χ1n) is 8.82. The van der Waals surface area contributed by atoms with Crippen LogP contribution >= 0.6 is 0 Å². The summed E-state index contributed by atoms with van der Waals surface area (Å²) in [6.45, 7) is 2.01. The number of anilines is 1. The maximum Gasteiger partial charge on any atom is 0.250 e. The quantitative estimate of drug-likeness (QED) is 0.596. The summed E-state index contributed by atoms with van der Waals surface area (Å²) in [4.78, 5) is 16.5. The Hall–Kier alpha value is -3.81. The molecule has 29 heavy (non-hydrogen) atoms. The summed E-state index contributed by atoms with van der Waals surface area (Å²) in [5.74, 6) is 1.90. The molecule has 0 unspecified atom stereocenters. The minimum Gasteiger partial charge on any atom is -0.493 e. The summed E-state index contributed by atoms with van der Waals surface area (Å²) in [5, 5.41) is 9.47. The Balaban J connectivity index is 1.71. The predicted molar refractivity (Wildman–Crippen MR) is 110 cm³/mol.